The van der Waals surface area contributed by atoms with Crippen LogP contribution < -0.4 is 5.32 Å². The van der Waals surface area contributed by atoms with Gasteiger partial charge in [-0.25, -0.2) is 0 Å². The largest absolute Gasteiger partial charge is 0.468 e. The topological polar surface area (TPSA) is 34.4 Å². The van der Waals surface area contributed by atoms with Crippen molar-refractivity contribution in [1.29, 1.82) is 0 Å². The molecule has 0 radical (unpaired) electrons. The lowest BCUT2D eigenvalue weighted by Gasteiger charge is -2.07. The first kappa shape index (κ1) is 14.3. The highest BCUT2D eigenvalue weighted by Gasteiger charge is 2.06. The number of rotatable bonds is 9. The second-order valence-electron chi connectivity index (χ2n) is 4.80. The summed E-state index contributed by atoms with van der Waals surface area (Å²) in [5, 5.41) is 3.38. The van der Waals surface area contributed by atoms with Crippen LogP contribution in [0.4, 0.5) is 0 Å². The highest BCUT2D eigenvalue weighted by molar-refractivity contribution is 5.15. The highest BCUT2D eigenvalue weighted by atomic mass is 16.5. The molecule has 0 aliphatic rings. The van der Waals surface area contributed by atoms with Crippen molar-refractivity contribution in [3.63, 3.8) is 0 Å². The van der Waals surface area contributed by atoms with E-state index in [9.17, 15) is 0 Å². The molecule has 1 aromatic rings. The Bertz CT molecular complexity index is 294. The van der Waals surface area contributed by atoms with E-state index in [0.29, 0.717) is 12.5 Å². The Morgan fingerprint density at radius 2 is 2.24 bits per heavy atom. The van der Waals surface area contributed by atoms with Gasteiger partial charge in [-0.15, -0.1) is 0 Å². The van der Waals surface area contributed by atoms with Gasteiger partial charge < -0.3 is 14.5 Å². The summed E-state index contributed by atoms with van der Waals surface area (Å²) < 4.78 is 11.1. The quantitative estimate of drug-likeness (QED) is 0.671. The standard InChI is InChI=1S/C14H25NO2/c1-4-5-7-16-11-13-6-8-17-14(13)10-15-9-12(2)3/h6,8,12,15H,4-5,7,9-11H2,1-3H3. The summed E-state index contributed by atoms with van der Waals surface area (Å²) in [5.41, 5.74) is 1.16. The zero-order valence-corrected chi connectivity index (χ0v) is 11.3. The van der Waals surface area contributed by atoms with Crippen LogP contribution in [0.5, 0.6) is 0 Å². The van der Waals surface area contributed by atoms with E-state index in [2.05, 4.69) is 26.1 Å². The second kappa shape index (κ2) is 8.31. The summed E-state index contributed by atoms with van der Waals surface area (Å²) in [6.07, 6.45) is 4.04. The van der Waals surface area contributed by atoms with Crippen molar-refractivity contribution in [1.82, 2.24) is 5.32 Å². The van der Waals surface area contributed by atoms with E-state index in [1.54, 1.807) is 6.26 Å². The smallest absolute Gasteiger partial charge is 0.123 e. The lowest BCUT2D eigenvalue weighted by atomic mass is 10.2. The van der Waals surface area contributed by atoms with Gasteiger partial charge in [-0.3, -0.25) is 0 Å². The minimum absolute atomic E-state index is 0.661. The molecule has 3 heteroatoms. The van der Waals surface area contributed by atoms with Gasteiger partial charge in [0, 0.05) is 12.2 Å². The van der Waals surface area contributed by atoms with Gasteiger partial charge in [-0.05, 0) is 24.9 Å². The van der Waals surface area contributed by atoms with E-state index >= 15 is 0 Å². The van der Waals surface area contributed by atoms with E-state index in [1.165, 1.54) is 6.42 Å². The predicted molar refractivity (Wildman–Crippen MR) is 69.8 cm³/mol. The van der Waals surface area contributed by atoms with E-state index in [1.807, 2.05) is 6.07 Å². The molecule has 0 aliphatic heterocycles. The Kier molecular flexibility index (Phi) is 6.97. The van der Waals surface area contributed by atoms with Gasteiger partial charge in [0.15, 0.2) is 0 Å². The highest BCUT2D eigenvalue weighted by Crippen LogP contribution is 2.12. The molecule has 1 heterocycles. The lowest BCUT2D eigenvalue weighted by molar-refractivity contribution is 0.116. The Labute approximate surface area is 105 Å². The predicted octanol–water partition coefficient (Wildman–Crippen LogP) is 3.34. The molecule has 0 unspecified atom stereocenters. The monoisotopic (exact) mass is 239 g/mol. The Morgan fingerprint density at radius 3 is 2.94 bits per heavy atom. The molecule has 1 aromatic heterocycles. The van der Waals surface area contributed by atoms with Crippen LogP contribution in [0.2, 0.25) is 0 Å². The van der Waals surface area contributed by atoms with Gasteiger partial charge in [0.05, 0.1) is 19.4 Å². The van der Waals surface area contributed by atoms with Crippen LogP contribution in [0.25, 0.3) is 0 Å². The van der Waals surface area contributed by atoms with Gasteiger partial charge in [-0.1, -0.05) is 27.2 Å². The molecule has 0 fully saturated rings. The van der Waals surface area contributed by atoms with Gasteiger partial charge in [0.1, 0.15) is 5.76 Å². The number of hydrogen-bond acceptors (Lipinski definition) is 3. The van der Waals surface area contributed by atoms with Gasteiger partial charge >= 0.3 is 0 Å². The summed E-state index contributed by atoms with van der Waals surface area (Å²) in [7, 11) is 0. The number of unbranched alkanes of at least 4 members (excludes halogenated alkanes) is 1. The van der Waals surface area contributed by atoms with E-state index in [-0.39, 0.29) is 0 Å². The molecule has 0 saturated carbocycles. The molecule has 1 N–H and O–H groups in total. The fourth-order valence-electron chi connectivity index (χ4n) is 1.55. The molecular weight excluding hydrogens is 214 g/mol. The zero-order chi connectivity index (χ0) is 12.5. The SMILES string of the molecule is CCCCOCc1ccoc1CNCC(C)C. The molecule has 0 saturated heterocycles. The molecule has 17 heavy (non-hydrogen) atoms. The molecule has 98 valence electrons. The van der Waals surface area contributed by atoms with E-state index < -0.39 is 0 Å². The van der Waals surface area contributed by atoms with E-state index in [0.717, 1.165) is 37.4 Å². The van der Waals surface area contributed by atoms with Crippen molar-refractivity contribution in [2.75, 3.05) is 13.2 Å². The van der Waals surface area contributed by atoms with Crippen LogP contribution in [0.15, 0.2) is 16.7 Å². The molecule has 1 rings (SSSR count). The third-order valence-electron chi connectivity index (χ3n) is 2.58. The number of furan rings is 1. The van der Waals surface area contributed by atoms with Gasteiger partial charge in [0.25, 0.3) is 0 Å². The summed E-state index contributed by atoms with van der Waals surface area (Å²) in [6, 6.07) is 2.00. The average Bonchev–Trinajstić information content (AvgIpc) is 2.72. The summed E-state index contributed by atoms with van der Waals surface area (Å²) >= 11 is 0. The van der Waals surface area contributed by atoms with Crippen LogP contribution in [0, 0.1) is 5.92 Å². The maximum absolute atomic E-state index is 5.60. The van der Waals surface area contributed by atoms with Crippen molar-refractivity contribution in [2.45, 2.75) is 46.8 Å². The maximum Gasteiger partial charge on any atom is 0.123 e. The fourth-order valence-corrected chi connectivity index (χ4v) is 1.55. The lowest BCUT2D eigenvalue weighted by Crippen LogP contribution is -2.19. The van der Waals surface area contributed by atoms with Crippen molar-refractivity contribution in [3.8, 4) is 0 Å². The Balaban J connectivity index is 2.27. The zero-order valence-electron chi connectivity index (χ0n) is 11.3. The fraction of sp³-hybridized carbons (Fsp3) is 0.714. The van der Waals surface area contributed by atoms with Crippen molar-refractivity contribution >= 4 is 0 Å². The first-order valence-corrected chi connectivity index (χ1v) is 6.57. The molecule has 0 atom stereocenters. The van der Waals surface area contributed by atoms with Crippen molar-refractivity contribution in [3.05, 3.63) is 23.7 Å². The molecule has 0 bridgehead atoms. The number of ether oxygens (including phenoxy) is 1. The first-order chi connectivity index (χ1) is 8.24. The molecule has 0 aliphatic carbocycles. The van der Waals surface area contributed by atoms with Crippen LogP contribution in [-0.2, 0) is 17.9 Å². The minimum atomic E-state index is 0.661. The molecule has 0 amide bonds. The second-order valence-corrected chi connectivity index (χ2v) is 4.80. The first-order valence-electron chi connectivity index (χ1n) is 6.57. The van der Waals surface area contributed by atoms with Crippen LogP contribution in [0.3, 0.4) is 0 Å². The molecule has 0 aromatic carbocycles. The Morgan fingerprint density at radius 1 is 1.41 bits per heavy atom. The van der Waals surface area contributed by atoms with Crippen LogP contribution in [0.1, 0.15) is 44.9 Å². The molecular formula is C14H25NO2. The maximum atomic E-state index is 5.60. The summed E-state index contributed by atoms with van der Waals surface area (Å²) in [5.74, 6) is 1.66. The third kappa shape index (κ3) is 5.89. The number of nitrogens with one attached hydrogen (secondary N) is 1. The Hall–Kier alpha value is -0.800. The third-order valence-corrected chi connectivity index (χ3v) is 2.58. The van der Waals surface area contributed by atoms with Gasteiger partial charge in [-0.2, -0.15) is 0 Å². The van der Waals surface area contributed by atoms with Crippen LogP contribution >= 0.6 is 0 Å². The molecule has 0 spiro atoms. The van der Waals surface area contributed by atoms with Gasteiger partial charge in [0.2, 0.25) is 0 Å². The summed E-state index contributed by atoms with van der Waals surface area (Å²) in [4.78, 5) is 0. The average molecular weight is 239 g/mol. The van der Waals surface area contributed by atoms with Crippen molar-refractivity contribution in [2.24, 2.45) is 5.92 Å². The van der Waals surface area contributed by atoms with Crippen molar-refractivity contribution < 1.29 is 9.15 Å². The molecule has 3 nitrogen and oxygen atoms in total. The normalized spacial score (nSPS) is 11.3. The van der Waals surface area contributed by atoms with E-state index in [4.69, 9.17) is 9.15 Å². The summed E-state index contributed by atoms with van der Waals surface area (Å²) in [6.45, 7) is 9.86. The van der Waals surface area contributed by atoms with Crippen LogP contribution in [-0.4, -0.2) is 13.2 Å². The minimum Gasteiger partial charge on any atom is -0.468 e. The number of hydrogen-bond donors (Lipinski definition) is 1.